The van der Waals surface area contributed by atoms with Gasteiger partial charge in [-0.25, -0.2) is 9.59 Å². The van der Waals surface area contributed by atoms with Crippen LogP contribution in [0.25, 0.3) is 0 Å². The molecule has 2 amide bonds. The third kappa shape index (κ3) is 25.4. The summed E-state index contributed by atoms with van der Waals surface area (Å²) in [5.41, 5.74) is 5.47. The highest BCUT2D eigenvalue weighted by molar-refractivity contribution is 5.85. The minimum atomic E-state index is -1.75. The Morgan fingerprint density at radius 1 is 0.831 bits per heavy atom. The number of terminal acetylenes is 1. The summed E-state index contributed by atoms with van der Waals surface area (Å²) in [4.78, 5) is 42.4. The van der Waals surface area contributed by atoms with Crippen molar-refractivity contribution in [2.24, 2.45) is 5.73 Å². The van der Waals surface area contributed by atoms with Crippen LogP contribution in [0.5, 0.6) is 0 Å². The summed E-state index contributed by atoms with van der Waals surface area (Å²) < 4.78 is 50.0. The molecule has 340 valence electrons. The minimum absolute atomic E-state index is 0.0553. The molecule has 59 heavy (non-hydrogen) atoms. The van der Waals surface area contributed by atoms with Gasteiger partial charge in [0.2, 0.25) is 11.7 Å². The first-order valence-electron chi connectivity index (χ1n) is 19.3. The lowest BCUT2D eigenvalue weighted by atomic mass is 9.91. The molecule has 0 saturated heterocycles. The molecule has 0 radical (unpaired) electrons. The summed E-state index contributed by atoms with van der Waals surface area (Å²) in [5.74, 6) is -0.858. The molecule has 0 aromatic heterocycles. The largest absolute Gasteiger partial charge is 0.477 e. The van der Waals surface area contributed by atoms with Gasteiger partial charge in [0.25, 0.3) is 0 Å². The summed E-state index contributed by atoms with van der Waals surface area (Å²) in [5, 5.41) is 42.7. The molecule has 5 atom stereocenters. The zero-order valence-electron chi connectivity index (χ0n) is 34.8. The number of aliphatic hydroxyl groups excluding tert-OH is 2. The molecule has 1 rings (SSSR count). The number of nitrogens with one attached hydrogen (secondary N) is 3. The van der Waals surface area contributed by atoms with E-state index < -0.39 is 66.7 Å². The van der Waals surface area contributed by atoms with Crippen LogP contribution in [-0.4, -0.2) is 237 Å². The van der Waals surface area contributed by atoms with Gasteiger partial charge in [0.05, 0.1) is 105 Å². The van der Waals surface area contributed by atoms with Crippen LogP contribution in [0.15, 0.2) is 11.8 Å². The Morgan fingerprint density at radius 3 is 1.76 bits per heavy atom. The van der Waals surface area contributed by atoms with Crippen molar-refractivity contribution in [2.75, 3.05) is 153 Å². The van der Waals surface area contributed by atoms with E-state index in [-0.39, 0.29) is 26.4 Å². The summed E-state index contributed by atoms with van der Waals surface area (Å²) >= 11 is 0. The fourth-order valence-corrected chi connectivity index (χ4v) is 5.19. The van der Waals surface area contributed by atoms with Gasteiger partial charge in [-0.3, -0.25) is 15.1 Å². The van der Waals surface area contributed by atoms with Crippen molar-refractivity contribution >= 4 is 23.9 Å². The quantitative estimate of drug-likeness (QED) is 0.0146. The van der Waals surface area contributed by atoms with E-state index in [4.69, 9.17) is 60.2 Å². The molecule has 0 unspecified atom stereocenters. The molecule has 0 fully saturated rings. The van der Waals surface area contributed by atoms with Crippen LogP contribution in [0.3, 0.4) is 0 Å². The highest BCUT2D eigenvalue weighted by Crippen LogP contribution is 2.25. The Kier molecular flexibility index (Phi) is 29.7. The van der Waals surface area contributed by atoms with Crippen molar-refractivity contribution in [3.8, 4) is 12.3 Å². The lowest BCUT2D eigenvalue weighted by Crippen LogP contribution is -2.65. The van der Waals surface area contributed by atoms with Crippen LogP contribution in [-0.2, 0) is 52.2 Å². The van der Waals surface area contributed by atoms with Gasteiger partial charge >= 0.3 is 12.1 Å². The minimum Gasteiger partial charge on any atom is -0.477 e. The lowest BCUT2D eigenvalue weighted by Gasteiger charge is -2.41. The third-order valence-electron chi connectivity index (χ3n) is 8.26. The number of carbonyl (C=O) groups excluding carboxylic acids is 2. The molecule has 22 heteroatoms. The predicted octanol–water partition coefficient (Wildman–Crippen LogP) is -2.89. The van der Waals surface area contributed by atoms with E-state index >= 15 is 0 Å². The molecule has 0 spiro atoms. The van der Waals surface area contributed by atoms with E-state index in [0.717, 1.165) is 17.5 Å². The Bertz CT molecular complexity index is 1260. The molecule has 0 aromatic rings. The number of likely N-dealkylation sites (N-methyl/N-ethyl adjacent to an activating group) is 2. The third-order valence-corrected chi connectivity index (χ3v) is 8.26. The van der Waals surface area contributed by atoms with Crippen LogP contribution in [0.1, 0.15) is 6.92 Å². The summed E-state index contributed by atoms with van der Waals surface area (Å²) in [7, 11) is 5.39. The molecule has 0 bridgehead atoms. The number of carboxylic acid groups (broad SMARTS) is 1. The van der Waals surface area contributed by atoms with E-state index in [0.29, 0.717) is 92.3 Å². The second-order valence-corrected chi connectivity index (χ2v) is 13.3. The standard InChI is InChI=1S/C37H67N7O15/c1-6-12-51-18-22-56-24-25-57-23-21-55-17-11-44(9-15-52-13-7-42(3)4)10-16-54-20-19-53-14-8-43(5)37(50)59-33(30(47)27-45)34-32(40-28(2)46)29(41-36(38)39)26-31(58-34)35(48)49/h1,26,29-30,32-34,45,47H,7-25,27H2,2-5H3,(H,40,46)(H,48,49)(H4,38,39,41)/t29-,30+,32+,33+,34+/m0/s1. The van der Waals surface area contributed by atoms with Crippen LogP contribution in [0, 0.1) is 17.8 Å². The van der Waals surface area contributed by atoms with Crippen molar-refractivity contribution in [3.05, 3.63) is 11.8 Å². The summed E-state index contributed by atoms with van der Waals surface area (Å²) in [6, 6.07) is -2.30. The second-order valence-electron chi connectivity index (χ2n) is 13.3. The van der Waals surface area contributed by atoms with E-state index in [9.17, 15) is 29.7 Å². The number of aliphatic carboxylic acids is 1. The Hall–Kier alpha value is -3.86. The van der Waals surface area contributed by atoms with Crippen molar-refractivity contribution < 1.29 is 72.3 Å². The lowest BCUT2D eigenvalue weighted by molar-refractivity contribution is -0.147. The maximum absolute atomic E-state index is 13.1. The number of guanidine groups is 1. The van der Waals surface area contributed by atoms with Crippen LogP contribution in [0.2, 0.25) is 0 Å². The first-order valence-corrected chi connectivity index (χ1v) is 19.3. The summed E-state index contributed by atoms with van der Waals surface area (Å²) in [6.07, 6.45) is 0.302. The van der Waals surface area contributed by atoms with Gasteiger partial charge in [-0.05, 0) is 20.2 Å². The maximum Gasteiger partial charge on any atom is 0.410 e. The maximum atomic E-state index is 13.1. The average molecular weight is 850 g/mol. The second kappa shape index (κ2) is 32.9. The molecule has 0 saturated carbocycles. The number of carboxylic acids is 1. The molecule has 22 nitrogen and oxygen atoms in total. The number of ether oxygens (including phenoxy) is 9. The highest BCUT2D eigenvalue weighted by atomic mass is 16.6. The molecule has 0 aromatic carbocycles. The Balaban J connectivity index is 2.52. The van der Waals surface area contributed by atoms with Gasteiger partial charge in [-0.2, -0.15) is 0 Å². The van der Waals surface area contributed by atoms with E-state index in [1.807, 2.05) is 14.1 Å². The van der Waals surface area contributed by atoms with Crippen molar-refractivity contribution in [1.82, 2.24) is 25.3 Å². The van der Waals surface area contributed by atoms with E-state index in [1.165, 1.54) is 14.0 Å². The topological polar surface area (TPSA) is 279 Å². The van der Waals surface area contributed by atoms with Gasteiger partial charge in [-0.1, -0.05) is 5.92 Å². The number of hydrogen-bond acceptors (Lipinski definition) is 17. The zero-order chi connectivity index (χ0) is 43.8. The number of carbonyl (C=O) groups is 3. The number of amides is 2. The fourth-order valence-electron chi connectivity index (χ4n) is 5.19. The molecule has 1 aliphatic heterocycles. The van der Waals surface area contributed by atoms with Crippen LogP contribution >= 0.6 is 0 Å². The Morgan fingerprint density at radius 2 is 1.31 bits per heavy atom. The predicted molar refractivity (Wildman–Crippen MR) is 213 cm³/mol. The fraction of sp³-hybridized carbons (Fsp3) is 0.784. The van der Waals surface area contributed by atoms with Gasteiger partial charge in [0, 0.05) is 46.7 Å². The molecular formula is C37H67N7O15. The molecule has 0 aliphatic carbocycles. The highest BCUT2D eigenvalue weighted by Gasteiger charge is 2.46. The van der Waals surface area contributed by atoms with Crippen molar-refractivity contribution in [2.45, 2.75) is 37.3 Å². The normalized spacial score (nSPS) is 17.4. The van der Waals surface area contributed by atoms with E-state index in [2.05, 4.69) is 26.4 Å². The van der Waals surface area contributed by atoms with Gasteiger partial charge in [0.1, 0.15) is 12.7 Å². The molecule has 1 heterocycles. The first-order chi connectivity index (χ1) is 28.3. The van der Waals surface area contributed by atoms with Gasteiger partial charge in [0.15, 0.2) is 18.2 Å². The molecular weight excluding hydrogens is 782 g/mol. The number of nitrogens with zero attached hydrogens (tertiary/aromatic N) is 3. The average Bonchev–Trinajstić information content (AvgIpc) is 3.18. The SMILES string of the molecule is C#CCOCCOCCOCCOCCN(CCOCCOCCN(C)C(=O)O[C@@H]([C@@H]1OC(C(=O)O)=C[C@H](NC(=N)N)[C@H]1NC(C)=O)[C@H](O)CO)CCOCCN(C)C. The summed E-state index contributed by atoms with van der Waals surface area (Å²) in [6.45, 7) is 8.88. The smallest absolute Gasteiger partial charge is 0.410 e. The van der Waals surface area contributed by atoms with Crippen LogP contribution < -0.4 is 16.4 Å². The zero-order valence-corrected chi connectivity index (χ0v) is 34.8. The number of aliphatic hydroxyl groups is 2. The number of hydrogen-bond donors (Lipinski definition) is 7. The Labute approximate surface area is 346 Å². The molecule has 1 aliphatic rings. The van der Waals surface area contributed by atoms with Crippen molar-refractivity contribution in [1.29, 1.82) is 5.41 Å². The van der Waals surface area contributed by atoms with Gasteiger partial charge in [-0.15, -0.1) is 6.42 Å². The number of rotatable bonds is 35. The van der Waals surface area contributed by atoms with Gasteiger partial charge < -0.3 is 84.1 Å². The monoisotopic (exact) mass is 849 g/mol. The number of nitrogens with two attached hydrogens (primary N) is 1. The van der Waals surface area contributed by atoms with E-state index in [1.54, 1.807) is 0 Å². The first kappa shape index (κ1) is 53.2. The van der Waals surface area contributed by atoms with Crippen molar-refractivity contribution in [3.63, 3.8) is 0 Å². The van der Waals surface area contributed by atoms with Crippen LogP contribution in [0.4, 0.5) is 4.79 Å². The molecule has 8 N–H and O–H groups in total.